The number of hydrogen-bond acceptors (Lipinski definition) is 5. The third-order valence-electron chi connectivity index (χ3n) is 4.46. The SMILES string of the molecule is C[C@@H]1C=C[C@H]2CC[C@@H](C(=O)OC(C)(C)C)N2C(=O)[C@@H]1NC(=O)OC(C)(C)C. The van der Waals surface area contributed by atoms with Gasteiger partial charge in [0.25, 0.3) is 0 Å². The predicted octanol–water partition coefficient (Wildman–Crippen LogP) is 2.79. The fourth-order valence-electron chi connectivity index (χ4n) is 3.37. The van der Waals surface area contributed by atoms with E-state index in [1.807, 2.05) is 19.1 Å². The smallest absolute Gasteiger partial charge is 0.408 e. The molecule has 0 spiro atoms. The van der Waals surface area contributed by atoms with E-state index in [0.717, 1.165) is 0 Å². The Morgan fingerprint density at radius 3 is 2.19 bits per heavy atom. The van der Waals surface area contributed by atoms with E-state index in [0.29, 0.717) is 12.8 Å². The van der Waals surface area contributed by atoms with Crippen LogP contribution in [0.2, 0.25) is 0 Å². The first kappa shape index (κ1) is 21.3. The van der Waals surface area contributed by atoms with E-state index in [4.69, 9.17) is 9.47 Å². The Morgan fingerprint density at radius 2 is 1.63 bits per heavy atom. The van der Waals surface area contributed by atoms with Crippen LogP contribution in [0.3, 0.4) is 0 Å². The molecule has 7 nitrogen and oxygen atoms in total. The average molecular weight is 380 g/mol. The number of nitrogens with one attached hydrogen (secondary N) is 1. The van der Waals surface area contributed by atoms with Crippen molar-refractivity contribution in [2.45, 2.75) is 90.6 Å². The Morgan fingerprint density at radius 1 is 1.04 bits per heavy atom. The molecule has 0 aromatic rings. The third kappa shape index (κ3) is 5.47. The molecule has 0 aliphatic carbocycles. The fraction of sp³-hybridized carbons (Fsp3) is 0.750. The zero-order chi connectivity index (χ0) is 20.6. The van der Waals surface area contributed by atoms with Crippen LogP contribution in [-0.4, -0.2) is 52.2 Å². The van der Waals surface area contributed by atoms with E-state index in [9.17, 15) is 14.4 Å². The topological polar surface area (TPSA) is 84.9 Å². The van der Waals surface area contributed by atoms with Crippen LogP contribution in [0.4, 0.5) is 4.79 Å². The first-order valence-electron chi connectivity index (χ1n) is 9.51. The molecule has 0 aromatic heterocycles. The normalized spacial score (nSPS) is 28.4. The highest BCUT2D eigenvalue weighted by atomic mass is 16.6. The van der Waals surface area contributed by atoms with Crippen molar-refractivity contribution in [2.75, 3.05) is 0 Å². The van der Waals surface area contributed by atoms with Crippen molar-refractivity contribution in [1.82, 2.24) is 10.2 Å². The first-order valence-corrected chi connectivity index (χ1v) is 9.51. The van der Waals surface area contributed by atoms with E-state index in [2.05, 4.69) is 5.32 Å². The van der Waals surface area contributed by atoms with Gasteiger partial charge in [0, 0.05) is 5.92 Å². The van der Waals surface area contributed by atoms with Crippen LogP contribution < -0.4 is 5.32 Å². The second-order valence-corrected chi connectivity index (χ2v) is 9.31. The standard InChI is InChI=1S/C20H32N2O5/c1-12-8-9-13-10-11-14(17(24)26-19(2,3)4)22(13)16(23)15(12)21-18(25)27-20(5,6)7/h8-9,12-15H,10-11H2,1-7H3,(H,21,25)/t12-,13+,14+,15-/m1/s1. The Labute approximate surface area is 161 Å². The third-order valence-corrected chi connectivity index (χ3v) is 4.46. The summed E-state index contributed by atoms with van der Waals surface area (Å²) in [6.45, 7) is 12.6. The molecule has 152 valence electrons. The van der Waals surface area contributed by atoms with Crippen LogP contribution in [0.5, 0.6) is 0 Å². The number of alkyl carbamates (subject to hydrolysis) is 1. The summed E-state index contributed by atoms with van der Waals surface area (Å²) in [6, 6.07) is -1.59. The number of carbonyl (C=O) groups is 3. The summed E-state index contributed by atoms with van der Waals surface area (Å²) in [7, 11) is 0. The lowest BCUT2D eigenvalue weighted by atomic mass is 10.0. The van der Waals surface area contributed by atoms with E-state index in [-0.39, 0.29) is 17.9 Å². The van der Waals surface area contributed by atoms with Crippen molar-refractivity contribution in [3.63, 3.8) is 0 Å². The molecular weight excluding hydrogens is 348 g/mol. The van der Waals surface area contributed by atoms with Gasteiger partial charge in [0.05, 0.1) is 6.04 Å². The van der Waals surface area contributed by atoms with Crippen LogP contribution in [0.15, 0.2) is 12.2 Å². The number of hydrogen-bond donors (Lipinski definition) is 1. The highest BCUT2D eigenvalue weighted by molar-refractivity contribution is 5.91. The molecule has 0 unspecified atom stereocenters. The van der Waals surface area contributed by atoms with Gasteiger partial charge < -0.3 is 19.7 Å². The number of amides is 2. The molecule has 2 amide bonds. The van der Waals surface area contributed by atoms with Crippen LogP contribution in [0.25, 0.3) is 0 Å². The fourth-order valence-corrected chi connectivity index (χ4v) is 3.37. The lowest BCUT2D eigenvalue weighted by molar-refractivity contribution is -0.164. The molecular formula is C20H32N2O5. The lowest BCUT2D eigenvalue weighted by Crippen LogP contribution is -2.55. The molecule has 2 aliphatic heterocycles. The monoisotopic (exact) mass is 380 g/mol. The maximum atomic E-state index is 13.2. The highest BCUT2D eigenvalue weighted by Gasteiger charge is 2.46. The minimum atomic E-state index is -0.788. The molecule has 0 aromatic carbocycles. The Kier molecular flexibility index (Phi) is 5.92. The Bertz CT molecular complexity index is 629. The molecule has 2 heterocycles. The van der Waals surface area contributed by atoms with E-state index < -0.39 is 35.3 Å². The molecule has 27 heavy (non-hydrogen) atoms. The van der Waals surface area contributed by atoms with Crippen molar-refractivity contribution in [3.8, 4) is 0 Å². The molecule has 0 saturated carbocycles. The molecule has 2 aliphatic rings. The summed E-state index contributed by atoms with van der Waals surface area (Å²) < 4.78 is 10.8. The molecule has 0 bridgehead atoms. The lowest BCUT2D eigenvalue weighted by Gasteiger charge is -2.32. The molecule has 2 rings (SSSR count). The minimum Gasteiger partial charge on any atom is -0.458 e. The van der Waals surface area contributed by atoms with Crippen molar-refractivity contribution >= 4 is 18.0 Å². The second kappa shape index (κ2) is 7.52. The van der Waals surface area contributed by atoms with Gasteiger partial charge in [0.2, 0.25) is 5.91 Å². The largest absolute Gasteiger partial charge is 0.458 e. The summed E-state index contributed by atoms with van der Waals surface area (Å²) in [5, 5.41) is 2.68. The van der Waals surface area contributed by atoms with Gasteiger partial charge in [0.1, 0.15) is 23.3 Å². The van der Waals surface area contributed by atoms with Gasteiger partial charge in [-0.25, -0.2) is 9.59 Å². The van der Waals surface area contributed by atoms with Crippen molar-refractivity contribution in [1.29, 1.82) is 0 Å². The van der Waals surface area contributed by atoms with Gasteiger partial charge >= 0.3 is 12.1 Å². The number of fused-ring (bicyclic) bond motifs is 1. The van der Waals surface area contributed by atoms with E-state index in [1.54, 1.807) is 46.4 Å². The van der Waals surface area contributed by atoms with Crippen LogP contribution in [0.1, 0.15) is 61.3 Å². The summed E-state index contributed by atoms with van der Waals surface area (Å²) in [4.78, 5) is 39.6. The Balaban J connectivity index is 2.20. The molecule has 0 radical (unpaired) electrons. The van der Waals surface area contributed by atoms with Crippen LogP contribution in [0, 0.1) is 5.92 Å². The van der Waals surface area contributed by atoms with Gasteiger partial charge in [-0.1, -0.05) is 19.1 Å². The van der Waals surface area contributed by atoms with Gasteiger partial charge in [0.15, 0.2) is 0 Å². The van der Waals surface area contributed by atoms with Gasteiger partial charge in [-0.15, -0.1) is 0 Å². The Hall–Kier alpha value is -2.05. The maximum Gasteiger partial charge on any atom is 0.408 e. The number of esters is 1. The van der Waals surface area contributed by atoms with E-state index >= 15 is 0 Å². The highest BCUT2D eigenvalue weighted by Crippen LogP contribution is 2.31. The summed E-state index contributed by atoms with van der Waals surface area (Å²) >= 11 is 0. The number of ether oxygens (including phenoxy) is 2. The maximum absolute atomic E-state index is 13.2. The average Bonchev–Trinajstić information content (AvgIpc) is 2.85. The number of nitrogens with zero attached hydrogens (tertiary/aromatic N) is 1. The second-order valence-electron chi connectivity index (χ2n) is 9.31. The quantitative estimate of drug-likeness (QED) is 0.588. The van der Waals surface area contributed by atoms with E-state index in [1.165, 1.54) is 0 Å². The number of carbonyl (C=O) groups excluding carboxylic acids is 3. The van der Waals surface area contributed by atoms with Crippen LogP contribution in [-0.2, 0) is 19.1 Å². The summed E-state index contributed by atoms with van der Waals surface area (Å²) in [5.74, 6) is -0.899. The number of rotatable bonds is 2. The van der Waals surface area contributed by atoms with Gasteiger partial charge in [-0.3, -0.25) is 4.79 Å². The molecule has 4 atom stereocenters. The van der Waals surface area contributed by atoms with Gasteiger partial charge in [-0.05, 0) is 54.4 Å². The predicted molar refractivity (Wildman–Crippen MR) is 101 cm³/mol. The van der Waals surface area contributed by atoms with Gasteiger partial charge in [-0.2, -0.15) is 0 Å². The van der Waals surface area contributed by atoms with Crippen molar-refractivity contribution in [2.24, 2.45) is 5.92 Å². The molecule has 1 N–H and O–H groups in total. The molecule has 1 fully saturated rings. The first-order chi connectivity index (χ1) is 12.3. The summed E-state index contributed by atoms with van der Waals surface area (Å²) in [6.07, 6.45) is 4.46. The zero-order valence-corrected chi connectivity index (χ0v) is 17.4. The van der Waals surface area contributed by atoms with Crippen molar-refractivity contribution in [3.05, 3.63) is 12.2 Å². The molecule has 1 saturated heterocycles. The van der Waals surface area contributed by atoms with Crippen molar-refractivity contribution < 1.29 is 23.9 Å². The zero-order valence-electron chi connectivity index (χ0n) is 17.4. The van der Waals surface area contributed by atoms with Crippen LogP contribution >= 0.6 is 0 Å². The summed E-state index contributed by atoms with van der Waals surface area (Å²) in [5.41, 5.74) is -1.28. The minimum absolute atomic E-state index is 0.164. The molecule has 7 heteroatoms.